The second-order valence-electron chi connectivity index (χ2n) is 2.07. The maximum atomic E-state index is 9.19. The second kappa shape index (κ2) is 7.33. The van der Waals surface area contributed by atoms with Crippen molar-refractivity contribution in [2.24, 2.45) is 0 Å². The summed E-state index contributed by atoms with van der Waals surface area (Å²) in [6.45, 7) is 0. The molecule has 1 N–H and O–H groups in total. The number of hydrogen-bond acceptors (Lipinski definition) is 3. The Morgan fingerprint density at radius 2 is 1.20 bits per heavy atom. The Balaban J connectivity index is -0.0000000910. The summed E-state index contributed by atoms with van der Waals surface area (Å²) in [5.74, 6) is 0. The third-order valence-electron chi connectivity index (χ3n) is 0. The van der Waals surface area contributed by atoms with Crippen molar-refractivity contribution in [3.63, 3.8) is 0 Å². The molecule has 0 aliphatic carbocycles. The lowest BCUT2D eigenvalue weighted by Crippen LogP contribution is -1.99. The van der Waals surface area contributed by atoms with Crippen molar-refractivity contribution in [2.75, 3.05) is 27.4 Å². The third kappa shape index (κ3) is 8850. The first-order valence-electron chi connectivity index (χ1n) is 2.27. The van der Waals surface area contributed by atoms with E-state index in [9.17, 15) is 8.42 Å². The molecule has 0 saturated carbocycles. The molecule has 0 bridgehead atoms. The molecule has 0 aromatic heterocycles. The second-order valence-corrected chi connectivity index (χ2v) is 3.54. The Hall–Kier alpha value is 0.220. The first-order chi connectivity index (χ1) is 3.73. The zero-order valence-corrected chi connectivity index (χ0v) is 8.44. The van der Waals surface area contributed by atoms with Gasteiger partial charge in [-0.3, -0.25) is 4.55 Å². The summed E-state index contributed by atoms with van der Waals surface area (Å²) in [7, 11) is 2.33. The molecule has 66 valence electrons. The van der Waals surface area contributed by atoms with Crippen LogP contribution in [0.5, 0.6) is 0 Å². The van der Waals surface area contributed by atoms with Crippen molar-refractivity contribution in [1.82, 2.24) is 4.90 Å². The molecule has 0 fully saturated rings. The average Bonchev–Trinajstić information content (AvgIpc) is 1.19. The summed E-state index contributed by atoms with van der Waals surface area (Å²) in [5, 5.41) is 0. The van der Waals surface area contributed by atoms with Crippen molar-refractivity contribution in [2.45, 2.75) is 0 Å². The maximum absolute atomic E-state index is 9.19. The molecule has 4 nitrogen and oxygen atoms in total. The molecule has 0 rings (SSSR count). The summed E-state index contributed by atoms with van der Waals surface area (Å²) < 4.78 is 25.9. The largest absolute Gasteiger partial charge is 0.312 e. The van der Waals surface area contributed by atoms with E-state index in [-0.39, 0.29) is 13.5 Å². The van der Waals surface area contributed by atoms with Gasteiger partial charge in [0.15, 0.2) is 0 Å². The molecule has 6 heteroatoms. The van der Waals surface area contributed by atoms with E-state index in [1.807, 2.05) is 26.0 Å². The Morgan fingerprint density at radius 1 is 1.20 bits per heavy atom. The molecule has 0 aliphatic rings. The Bertz CT molecular complexity index is 130. The predicted octanol–water partition coefficient (Wildman–Crippen LogP) is -0.205. The standard InChI is InChI=1S/C3H9N.CH4O3S.H2S/c1-4(2)3;1-5(2,3)4;/h1-3H3;1H3,(H,2,3,4);1H2. The van der Waals surface area contributed by atoms with Crippen molar-refractivity contribution in [3.8, 4) is 0 Å². The smallest absolute Gasteiger partial charge is 0.261 e. The van der Waals surface area contributed by atoms with Crippen LogP contribution in [0.3, 0.4) is 0 Å². The molecular weight excluding hydrogens is 174 g/mol. The number of rotatable bonds is 0. The Kier molecular flexibility index (Phi) is 12.2. The van der Waals surface area contributed by atoms with Gasteiger partial charge in [0.25, 0.3) is 10.1 Å². The van der Waals surface area contributed by atoms with Crippen LogP contribution in [0.15, 0.2) is 0 Å². The van der Waals surface area contributed by atoms with Crippen molar-refractivity contribution in [1.29, 1.82) is 0 Å². The molecular formula is C4H15NO3S2. The monoisotopic (exact) mass is 189 g/mol. The lowest BCUT2D eigenvalue weighted by molar-refractivity contribution is 0.490. The molecule has 0 radical (unpaired) electrons. The molecule has 0 amide bonds. The zero-order chi connectivity index (χ0) is 8.08. The third-order valence-corrected chi connectivity index (χ3v) is 0. The van der Waals surface area contributed by atoms with Gasteiger partial charge in [0.1, 0.15) is 0 Å². The first kappa shape index (κ1) is 16.7. The highest BCUT2D eigenvalue weighted by molar-refractivity contribution is 7.85. The van der Waals surface area contributed by atoms with Gasteiger partial charge in [-0.15, -0.1) is 0 Å². The maximum Gasteiger partial charge on any atom is 0.261 e. The summed E-state index contributed by atoms with van der Waals surface area (Å²) in [6.07, 6.45) is 0.715. The van der Waals surface area contributed by atoms with Gasteiger partial charge in [0.05, 0.1) is 6.26 Å². The Morgan fingerprint density at radius 3 is 1.20 bits per heavy atom. The fourth-order valence-corrected chi connectivity index (χ4v) is 0. The molecule has 0 saturated heterocycles. The van der Waals surface area contributed by atoms with E-state index < -0.39 is 10.1 Å². The lowest BCUT2D eigenvalue weighted by Gasteiger charge is -1.90. The van der Waals surface area contributed by atoms with E-state index >= 15 is 0 Å². The summed E-state index contributed by atoms with van der Waals surface area (Å²) in [6, 6.07) is 0. The van der Waals surface area contributed by atoms with Gasteiger partial charge in [0.2, 0.25) is 0 Å². The predicted molar refractivity (Wildman–Crippen MR) is 47.5 cm³/mol. The van der Waals surface area contributed by atoms with Crippen LogP contribution in [0.1, 0.15) is 0 Å². The van der Waals surface area contributed by atoms with Gasteiger partial charge in [-0.25, -0.2) is 0 Å². The number of hydrogen-bond donors (Lipinski definition) is 1. The lowest BCUT2D eigenvalue weighted by atomic mass is 11.0. The van der Waals surface area contributed by atoms with Gasteiger partial charge in [0, 0.05) is 0 Å². The molecule has 0 unspecified atom stereocenters. The van der Waals surface area contributed by atoms with Gasteiger partial charge in [-0.2, -0.15) is 21.9 Å². The van der Waals surface area contributed by atoms with E-state index in [0.29, 0.717) is 6.26 Å². The average molecular weight is 189 g/mol. The fourth-order valence-electron chi connectivity index (χ4n) is 0. The zero-order valence-electron chi connectivity index (χ0n) is 6.62. The highest BCUT2D eigenvalue weighted by Crippen LogP contribution is 1.60. The molecule has 0 aromatic carbocycles. The molecule has 0 aromatic rings. The van der Waals surface area contributed by atoms with Crippen LogP contribution in [0, 0.1) is 0 Å². The van der Waals surface area contributed by atoms with Gasteiger partial charge >= 0.3 is 0 Å². The van der Waals surface area contributed by atoms with E-state index in [1.54, 1.807) is 0 Å². The topological polar surface area (TPSA) is 57.6 Å². The summed E-state index contributed by atoms with van der Waals surface area (Å²) >= 11 is 0. The van der Waals surface area contributed by atoms with Crippen molar-refractivity contribution >= 4 is 23.6 Å². The van der Waals surface area contributed by atoms with Crippen molar-refractivity contribution in [3.05, 3.63) is 0 Å². The van der Waals surface area contributed by atoms with E-state index in [1.165, 1.54) is 0 Å². The van der Waals surface area contributed by atoms with E-state index in [2.05, 4.69) is 0 Å². The molecule has 10 heavy (non-hydrogen) atoms. The minimum Gasteiger partial charge on any atom is -0.312 e. The van der Waals surface area contributed by atoms with Crippen LogP contribution in [-0.2, 0) is 10.1 Å². The van der Waals surface area contributed by atoms with Gasteiger partial charge < -0.3 is 4.90 Å². The minimum absolute atomic E-state index is 0. The Labute approximate surface area is 69.4 Å². The minimum atomic E-state index is -3.67. The van der Waals surface area contributed by atoms with E-state index in [0.717, 1.165) is 0 Å². The fraction of sp³-hybridized carbons (Fsp3) is 1.00. The van der Waals surface area contributed by atoms with Crippen LogP contribution in [0.2, 0.25) is 0 Å². The SMILES string of the molecule is CN(C)C.CS(=O)(=O)O.S. The van der Waals surface area contributed by atoms with Crippen LogP contribution in [0.25, 0.3) is 0 Å². The summed E-state index contributed by atoms with van der Waals surface area (Å²) in [5.41, 5.74) is 0. The normalized spacial score (nSPS) is 9.40. The van der Waals surface area contributed by atoms with Gasteiger partial charge in [-0.1, -0.05) is 0 Å². The van der Waals surface area contributed by atoms with E-state index in [4.69, 9.17) is 4.55 Å². The molecule has 0 heterocycles. The van der Waals surface area contributed by atoms with Crippen molar-refractivity contribution < 1.29 is 13.0 Å². The van der Waals surface area contributed by atoms with Gasteiger partial charge in [-0.05, 0) is 21.1 Å². The van der Waals surface area contributed by atoms with Crippen LogP contribution >= 0.6 is 13.5 Å². The summed E-state index contributed by atoms with van der Waals surface area (Å²) in [4.78, 5) is 2.00. The first-order valence-corrected chi connectivity index (χ1v) is 4.11. The molecule has 0 aliphatic heterocycles. The molecule has 0 atom stereocenters. The quantitative estimate of drug-likeness (QED) is 0.536. The highest BCUT2D eigenvalue weighted by Gasteiger charge is 1.81. The van der Waals surface area contributed by atoms with Crippen LogP contribution < -0.4 is 0 Å². The van der Waals surface area contributed by atoms with Crippen LogP contribution in [0.4, 0.5) is 0 Å². The molecule has 0 spiro atoms. The van der Waals surface area contributed by atoms with Crippen LogP contribution in [-0.4, -0.2) is 45.3 Å². The number of nitrogens with zero attached hydrogens (tertiary/aromatic N) is 1. The highest BCUT2D eigenvalue weighted by atomic mass is 32.2.